The maximum Gasteiger partial charge on any atom is 0.264 e. The fraction of sp³-hybridized carbons (Fsp3) is 0.475. The van der Waals surface area contributed by atoms with Crippen LogP contribution in [0.3, 0.4) is 0 Å². The molecule has 12 heteroatoms. The zero-order chi connectivity index (χ0) is 36.5. The third-order valence-electron chi connectivity index (χ3n) is 11.5. The highest BCUT2D eigenvalue weighted by atomic mass is 32.2. The van der Waals surface area contributed by atoms with Gasteiger partial charge in [-0.05, 0) is 105 Å². The smallest absolute Gasteiger partial charge is 0.264 e. The van der Waals surface area contributed by atoms with Crippen molar-refractivity contribution in [3.05, 3.63) is 70.0 Å². The first-order valence-corrected chi connectivity index (χ1v) is 20.1. The molecule has 0 radical (unpaired) electrons. The largest absolute Gasteiger partial charge is 0.497 e. The van der Waals surface area contributed by atoms with Crippen LogP contribution < -0.4 is 9.46 Å². The highest BCUT2D eigenvalue weighted by Gasteiger charge is 2.39. The maximum atomic E-state index is 14.5. The normalized spacial score (nSPS) is 20.4. The van der Waals surface area contributed by atoms with Crippen LogP contribution in [0.2, 0.25) is 0 Å². The van der Waals surface area contributed by atoms with Crippen LogP contribution in [0.25, 0.3) is 33.8 Å². The number of hydrogen-bond donors (Lipinski definition) is 1. The Labute approximate surface area is 305 Å². The molecule has 1 N–H and O–H groups in total. The number of carbonyl (C=O) groups is 2. The van der Waals surface area contributed by atoms with Gasteiger partial charge in [0.2, 0.25) is 10.0 Å². The lowest BCUT2D eigenvalue weighted by Crippen LogP contribution is -2.46. The van der Waals surface area contributed by atoms with E-state index in [1.165, 1.54) is 12.0 Å². The molecule has 2 aromatic heterocycles. The summed E-state index contributed by atoms with van der Waals surface area (Å²) in [7, 11) is -0.282. The molecule has 8 rings (SSSR count). The van der Waals surface area contributed by atoms with Crippen LogP contribution in [0.15, 0.2) is 36.4 Å². The lowest BCUT2D eigenvalue weighted by molar-refractivity contribution is -0.0303. The molecular formula is C40H47N5O6S. The molecule has 2 bridgehead atoms. The van der Waals surface area contributed by atoms with E-state index < -0.39 is 21.2 Å². The third-order valence-corrected chi connectivity index (χ3v) is 13.2. The van der Waals surface area contributed by atoms with E-state index in [0.717, 1.165) is 83.3 Å². The van der Waals surface area contributed by atoms with E-state index in [9.17, 15) is 18.0 Å². The molecule has 52 heavy (non-hydrogen) atoms. The molecule has 4 aromatic rings. The summed E-state index contributed by atoms with van der Waals surface area (Å²) >= 11 is 0. The molecule has 1 aliphatic carbocycles. The third kappa shape index (κ3) is 5.93. The lowest BCUT2D eigenvalue weighted by atomic mass is 9.81. The minimum absolute atomic E-state index is 0.0392. The van der Waals surface area contributed by atoms with Crippen LogP contribution in [-0.4, -0.2) is 77.1 Å². The van der Waals surface area contributed by atoms with Crippen LogP contribution in [0.5, 0.6) is 5.75 Å². The van der Waals surface area contributed by atoms with Crippen molar-refractivity contribution >= 4 is 44.4 Å². The number of benzene rings is 2. The van der Waals surface area contributed by atoms with Gasteiger partial charge in [0.25, 0.3) is 11.8 Å². The molecule has 4 aliphatic rings. The van der Waals surface area contributed by atoms with E-state index >= 15 is 0 Å². The van der Waals surface area contributed by atoms with Gasteiger partial charge in [-0.2, -0.15) is 5.10 Å². The summed E-state index contributed by atoms with van der Waals surface area (Å²) < 4.78 is 43.6. The molecule has 2 atom stereocenters. The second-order valence-electron chi connectivity index (χ2n) is 15.2. The summed E-state index contributed by atoms with van der Waals surface area (Å²) in [6.45, 7) is 6.52. The van der Waals surface area contributed by atoms with E-state index in [4.69, 9.17) is 14.6 Å². The standard InChI is InChI=1S/C40H47N5O6S/c1-23(2)52(48,49)42-39(46)26-11-15-33-34(19-26)45-20-28(37-35(24(3)41-43(37)4)40(47)44-21-30-12-13-31(22-44)51-30)17-27-18-29(50-5)14-16-32(27)38(45)36(33)25-9-7-6-8-10-25/h11,14-19,23,25,30-31H,6-10,12-13,20-22H2,1-5H3,(H,42,46). The Morgan fingerprint density at radius 3 is 2.40 bits per heavy atom. The van der Waals surface area contributed by atoms with Crippen molar-refractivity contribution in [1.29, 1.82) is 0 Å². The second-order valence-corrected chi connectivity index (χ2v) is 17.4. The van der Waals surface area contributed by atoms with Gasteiger partial charge in [0, 0.05) is 42.2 Å². The molecule has 2 unspecified atom stereocenters. The average molecular weight is 726 g/mol. The molecule has 3 aliphatic heterocycles. The van der Waals surface area contributed by atoms with Gasteiger partial charge >= 0.3 is 0 Å². The number of aryl methyl sites for hydroxylation is 2. The van der Waals surface area contributed by atoms with E-state index in [0.29, 0.717) is 36.8 Å². The van der Waals surface area contributed by atoms with Crippen molar-refractivity contribution in [1.82, 2.24) is 24.0 Å². The van der Waals surface area contributed by atoms with E-state index in [-0.39, 0.29) is 23.7 Å². The van der Waals surface area contributed by atoms with E-state index in [2.05, 4.69) is 21.4 Å². The monoisotopic (exact) mass is 725 g/mol. The summed E-state index contributed by atoms with van der Waals surface area (Å²) in [5, 5.41) is 5.11. The predicted octanol–water partition coefficient (Wildman–Crippen LogP) is 6.43. The molecule has 3 fully saturated rings. The Hall–Kier alpha value is -4.42. The second kappa shape index (κ2) is 13.2. The molecule has 11 nitrogen and oxygen atoms in total. The van der Waals surface area contributed by atoms with Crippen LogP contribution in [0.4, 0.5) is 0 Å². The zero-order valence-electron chi connectivity index (χ0n) is 30.6. The number of likely N-dealkylation sites (tertiary alicyclic amines) is 1. The minimum Gasteiger partial charge on any atom is -0.497 e. The number of nitrogens with one attached hydrogen (secondary N) is 1. The Morgan fingerprint density at radius 2 is 1.71 bits per heavy atom. The number of fused-ring (bicyclic) bond motifs is 7. The number of morpholine rings is 1. The van der Waals surface area contributed by atoms with Crippen LogP contribution >= 0.6 is 0 Å². The van der Waals surface area contributed by atoms with Gasteiger partial charge in [-0.3, -0.25) is 14.3 Å². The molecule has 274 valence electrons. The van der Waals surface area contributed by atoms with Crippen molar-refractivity contribution in [2.75, 3.05) is 20.2 Å². The van der Waals surface area contributed by atoms with E-state index in [1.807, 2.05) is 47.8 Å². The van der Waals surface area contributed by atoms with Crippen molar-refractivity contribution in [3.63, 3.8) is 0 Å². The number of allylic oxidation sites excluding steroid dienone is 1. The number of hydrogen-bond acceptors (Lipinski definition) is 7. The number of carbonyl (C=O) groups excluding carboxylic acids is 2. The van der Waals surface area contributed by atoms with Gasteiger partial charge in [0.15, 0.2) is 0 Å². The Balaban J connectivity index is 1.33. The number of ether oxygens (including phenoxy) is 2. The van der Waals surface area contributed by atoms with Gasteiger partial charge in [-0.25, -0.2) is 13.1 Å². The van der Waals surface area contributed by atoms with Gasteiger partial charge in [-0.15, -0.1) is 0 Å². The van der Waals surface area contributed by atoms with Crippen molar-refractivity contribution in [2.45, 2.75) is 95.6 Å². The summed E-state index contributed by atoms with van der Waals surface area (Å²) in [4.78, 5) is 29.9. The molecule has 0 spiro atoms. The predicted molar refractivity (Wildman–Crippen MR) is 201 cm³/mol. The zero-order valence-corrected chi connectivity index (χ0v) is 31.4. The fourth-order valence-electron chi connectivity index (χ4n) is 8.85. The van der Waals surface area contributed by atoms with Gasteiger partial charge < -0.3 is 18.9 Å². The number of rotatable bonds is 7. The topological polar surface area (TPSA) is 125 Å². The summed E-state index contributed by atoms with van der Waals surface area (Å²) in [6, 6.07) is 11.7. The maximum absolute atomic E-state index is 14.5. The van der Waals surface area contributed by atoms with Crippen molar-refractivity contribution < 1.29 is 27.5 Å². The molecule has 2 aromatic carbocycles. The molecule has 5 heterocycles. The van der Waals surface area contributed by atoms with Crippen LogP contribution in [-0.2, 0) is 28.4 Å². The van der Waals surface area contributed by atoms with Crippen molar-refractivity contribution in [3.8, 4) is 17.0 Å². The molecule has 1 saturated carbocycles. The fourth-order valence-corrected chi connectivity index (χ4v) is 9.47. The Kier molecular flexibility index (Phi) is 8.81. The molecule has 2 amide bonds. The quantitative estimate of drug-likeness (QED) is 0.233. The first kappa shape index (κ1) is 34.7. The van der Waals surface area contributed by atoms with Crippen molar-refractivity contribution in [2.24, 2.45) is 7.05 Å². The molecule has 2 saturated heterocycles. The molecular weight excluding hydrogens is 679 g/mol. The highest BCUT2D eigenvalue weighted by Crippen LogP contribution is 2.48. The average Bonchev–Trinajstić information content (AvgIpc) is 3.70. The first-order chi connectivity index (χ1) is 24.9. The minimum atomic E-state index is -3.83. The SMILES string of the molecule is COc1ccc2c(c1)C=C(c1c(C(=O)N3CC4CCC(C3)O4)c(C)nn1C)Cn1c-2c(C2CCCCC2)c2ccc(C(=O)NS(=O)(=O)C(C)C)cc21. The number of sulfonamides is 1. The number of aromatic nitrogens is 3. The van der Waals surface area contributed by atoms with Gasteiger partial charge in [0.1, 0.15) is 5.75 Å². The number of amides is 2. The first-order valence-electron chi connectivity index (χ1n) is 18.5. The van der Waals surface area contributed by atoms with Gasteiger partial charge in [-0.1, -0.05) is 25.3 Å². The summed E-state index contributed by atoms with van der Waals surface area (Å²) in [5.41, 5.74) is 8.36. The lowest BCUT2D eigenvalue weighted by Gasteiger charge is -2.32. The summed E-state index contributed by atoms with van der Waals surface area (Å²) in [5.74, 6) is 0.347. The van der Waals surface area contributed by atoms with Crippen LogP contribution in [0, 0.1) is 6.92 Å². The number of methoxy groups -OCH3 is 1. The highest BCUT2D eigenvalue weighted by molar-refractivity contribution is 7.90. The number of nitrogens with zero attached hydrogens (tertiary/aromatic N) is 4. The summed E-state index contributed by atoms with van der Waals surface area (Å²) in [6.07, 6.45) is 9.84. The Bertz CT molecular complexity index is 2230. The Morgan fingerprint density at radius 1 is 0.981 bits per heavy atom. The van der Waals surface area contributed by atoms with Gasteiger partial charge in [0.05, 0.1) is 53.8 Å². The van der Waals surface area contributed by atoms with E-state index in [1.54, 1.807) is 27.0 Å². The van der Waals surface area contributed by atoms with Crippen LogP contribution in [0.1, 0.15) is 108 Å².